The lowest BCUT2D eigenvalue weighted by atomic mass is 9.96. The minimum absolute atomic E-state index is 0.0470. The maximum Gasteiger partial charge on any atom is 0.315 e. The van der Waals surface area contributed by atoms with Crippen LogP contribution in [0.15, 0.2) is 18.2 Å². The molecule has 28 heavy (non-hydrogen) atoms. The zero-order valence-corrected chi connectivity index (χ0v) is 16.8. The third-order valence-electron chi connectivity index (χ3n) is 5.70. The Bertz CT molecular complexity index is 656. The van der Waals surface area contributed by atoms with Crippen molar-refractivity contribution in [2.24, 2.45) is 0 Å². The Hall–Kier alpha value is -2.08. The maximum atomic E-state index is 12.0. The van der Waals surface area contributed by atoms with E-state index in [4.69, 9.17) is 0 Å². The number of fused-ring (bicyclic) bond motifs is 1. The van der Waals surface area contributed by atoms with Crippen molar-refractivity contribution >= 4 is 11.9 Å². The van der Waals surface area contributed by atoms with Crippen LogP contribution < -0.4 is 21.3 Å². The van der Waals surface area contributed by atoms with Crippen LogP contribution >= 0.6 is 0 Å². The van der Waals surface area contributed by atoms with Gasteiger partial charge < -0.3 is 21.3 Å². The van der Waals surface area contributed by atoms with Gasteiger partial charge in [0.05, 0.1) is 0 Å². The Labute approximate surface area is 168 Å². The minimum atomic E-state index is -0.0470. The van der Waals surface area contributed by atoms with Crippen molar-refractivity contribution in [3.63, 3.8) is 0 Å². The lowest BCUT2D eigenvalue weighted by molar-refractivity contribution is -0.121. The fourth-order valence-electron chi connectivity index (χ4n) is 4.02. The second-order valence-corrected chi connectivity index (χ2v) is 8.03. The van der Waals surface area contributed by atoms with Gasteiger partial charge in [0.2, 0.25) is 5.91 Å². The molecule has 0 bridgehead atoms. The monoisotopic (exact) mass is 386 g/mol. The van der Waals surface area contributed by atoms with E-state index in [1.165, 1.54) is 30.4 Å². The number of hydrogen-bond donors (Lipinski definition) is 4. The van der Waals surface area contributed by atoms with Gasteiger partial charge in [-0.15, -0.1) is 0 Å². The highest BCUT2D eigenvalue weighted by atomic mass is 16.2. The Balaban J connectivity index is 1.19. The molecule has 1 saturated carbocycles. The molecule has 1 fully saturated rings. The molecule has 1 aliphatic carbocycles. The van der Waals surface area contributed by atoms with Crippen LogP contribution in [0.1, 0.15) is 74.5 Å². The summed E-state index contributed by atoms with van der Waals surface area (Å²) in [6.45, 7) is 3.13. The molecular weight excluding hydrogens is 352 g/mol. The standard InChI is InChI=1S/C22H34N4O2/c27-21(25-14-17-10-11-18-15-23-16-19(18)13-17)9-5-2-6-12-24-22(28)26-20-7-3-1-4-8-20/h10-11,13,20,23H,1-9,12,14-16H2,(H,25,27)(H2,24,26,28). The first-order valence-electron chi connectivity index (χ1n) is 10.8. The van der Waals surface area contributed by atoms with Crippen LogP contribution in [0, 0.1) is 0 Å². The molecule has 4 N–H and O–H groups in total. The summed E-state index contributed by atoms with van der Waals surface area (Å²) in [5.74, 6) is 0.0987. The van der Waals surface area contributed by atoms with Crippen molar-refractivity contribution in [3.05, 3.63) is 34.9 Å². The molecule has 1 aromatic carbocycles. The zero-order valence-electron chi connectivity index (χ0n) is 16.8. The van der Waals surface area contributed by atoms with Gasteiger partial charge in [0.25, 0.3) is 0 Å². The summed E-state index contributed by atoms with van der Waals surface area (Å²) >= 11 is 0. The molecule has 0 spiro atoms. The van der Waals surface area contributed by atoms with E-state index < -0.39 is 0 Å². The normalized spacial score (nSPS) is 16.4. The summed E-state index contributed by atoms with van der Waals surface area (Å²) in [6, 6.07) is 6.72. The molecule has 6 nitrogen and oxygen atoms in total. The summed E-state index contributed by atoms with van der Waals surface area (Å²) in [6.07, 6.45) is 9.18. The predicted octanol–water partition coefficient (Wildman–Crippen LogP) is 3.10. The molecule has 0 radical (unpaired) electrons. The second-order valence-electron chi connectivity index (χ2n) is 8.03. The smallest absolute Gasteiger partial charge is 0.315 e. The second kappa shape index (κ2) is 11.1. The number of carbonyl (C=O) groups excluding carboxylic acids is 2. The van der Waals surface area contributed by atoms with Gasteiger partial charge in [0, 0.05) is 38.6 Å². The van der Waals surface area contributed by atoms with Crippen molar-refractivity contribution < 1.29 is 9.59 Å². The third kappa shape index (κ3) is 6.82. The molecule has 1 heterocycles. The van der Waals surface area contributed by atoms with Crippen molar-refractivity contribution in [1.29, 1.82) is 0 Å². The van der Waals surface area contributed by atoms with Crippen LogP contribution in [-0.4, -0.2) is 24.5 Å². The van der Waals surface area contributed by atoms with E-state index in [0.717, 1.165) is 50.8 Å². The van der Waals surface area contributed by atoms with Crippen LogP contribution in [0.2, 0.25) is 0 Å². The van der Waals surface area contributed by atoms with Gasteiger partial charge in [-0.25, -0.2) is 4.79 Å². The number of urea groups is 1. The van der Waals surface area contributed by atoms with E-state index in [1.54, 1.807) is 0 Å². The molecule has 2 aliphatic rings. The molecule has 0 aromatic heterocycles. The summed E-state index contributed by atoms with van der Waals surface area (Å²) in [7, 11) is 0. The Morgan fingerprint density at radius 3 is 2.64 bits per heavy atom. The SMILES string of the molecule is O=C(CCCCCNC(=O)NC1CCCCC1)NCc1ccc2c(c1)CNC2. The van der Waals surface area contributed by atoms with Crippen molar-refractivity contribution in [2.45, 2.75) is 83.5 Å². The molecule has 0 atom stereocenters. The molecule has 1 aromatic rings. The fourth-order valence-corrected chi connectivity index (χ4v) is 4.02. The molecular formula is C22H34N4O2. The van der Waals surface area contributed by atoms with E-state index in [0.29, 0.717) is 25.6 Å². The van der Waals surface area contributed by atoms with Crippen LogP contribution in [0.4, 0.5) is 4.79 Å². The van der Waals surface area contributed by atoms with Crippen molar-refractivity contribution in [1.82, 2.24) is 21.3 Å². The summed E-state index contributed by atoms with van der Waals surface area (Å²) in [4.78, 5) is 23.9. The lowest BCUT2D eigenvalue weighted by Gasteiger charge is -2.22. The van der Waals surface area contributed by atoms with Crippen LogP contribution in [0.25, 0.3) is 0 Å². The van der Waals surface area contributed by atoms with Crippen LogP contribution in [0.5, 0.6) is 0 Å². The molecule has 154 valence electrons. The number of amides is 3. The molecule has 1 aliphatic heterocycles. The Morgan fingerprint density at radius 2 is 1.79 bits per heavy atom. The van der Waals surface area contributed by atoms with E-state index >= 15 is 0 Å². The number of nitrogens with one attached hydrogen (secondary N) is 4. The predicted molar refractivity (Wildman–Crippen MR) is 111 cm³/mol. The highest BCUT2D eigenvalue weighted by molar-refractivity contribution is 5.75. The number of unbranched alkanes of at least 4 members (excludes halogenated alkanes) is 2. The first-order valence-corrected chi connectivity index (χ1v) is 10.8. The van der Waals surface area contributed by atoms with Gasteiger partial charge in [-0.3, -0.25) is 4.79 Å². The Kier molecular flexibility index (Phi) is 8.15. The zero-order chi connectivity index (χ0) is 19.6. The number of hydrogen-bond acceptors (Lipinski definition) is 3. The average molecular weight is 387 g/mol. The third-order valence-corrected chi connectivity index (χ3v) is 5.70. The topological polar surface area (TPSA) is 82.3 Å². The summed E-state index contributed by atoms with van der Waals surface area (Å²) in [5, 5.41) is 12.3. The molecule has 3 amide bonds. The number of benzene rings is 1. The number of rotatable bonds is 9. The van der Waals surface area contributed by atoms with E-state index in [2.05, 4.69) is 39.5 Å². The average Bonchev–Trinajstić information content (AvgIpc) is 3.17. The molecule has 6 heteroatoms. The fraction of sp³-hybridized carbons (Fsp3) is 0.636. The van der Waals surface area contributed by atoms with E-state index in [-0.39, 0.29) is 11.9 Å². The highest BCUT2D eigenvalue weighted by Gasteiger charge is 2.15. The first-order chi connectivity index (χ1) is 13.7. The maximum absolute atomic E-state index is 12.0. The van der Waals surface area contributed by atoms with Gasteiger partial charge in [0.1, 0.15) is 0 Å². The van der Waals surface area contributed by atoms with E-state index in [1.807, 2.05) is 0 Å². The summed E-state index contributed by atoms with van der Waals surface area (Å²) < 4.78 is 0. The van der Waals surface area contributed by atoms with Crippen molar-refractivity contribution in [3.8, 4) is 0 Å². The van der Waals surface area contributed by atoms with Gasteiger partial charge in [-0.1, -0.05) is 43.9 Å². The lowest BCUT2D eigenvalue weighted by Crippen LogP contribution is -2.43. The van der Waals surface area contributed by atoms with Crippen LogP contribution in [-0.2, 0) is 24.4 Å². The molecule has 0 unspecified atom stereocenters. The van der Waals surface area contributed by atoms with Gasteiger partial charge in [0.15, 0.2) is 0 Å². The minimum Gasteiger partial charge on any atom is -0.352 e. The largest absolute Gasteiger partial charge is 0.352 e. The number of carbonyl (C=O) groups is 2. The Morgan fingerprint density at radius 1 is 0.964 bits per heavy atom. The molecule has 3 rings (SSSR count). The van der Waals surface area contributed by atoms with Gasteiger partial charge in [-0.05, 0) is 42.4 Å². The quantitative estimate of drug-likeness (QED) is 0.492. The highest BCUT2D eigenvalue weighted by Crippen LogP contribution is 2.17. The first kappa shape index (κ1) is 20.6. The van der Waals surface area contributed by atoms with Gasteiger partial charge in [-0.2, -0.15) is 0 Å². The van der Waals surface area contributed by atoms with Crippen LogP contribution in [0.3, 0.4) is 0 Å². The van der Waals surface area contributed by atoms with E-state index in [9.17, 15) is 9.59 Å². The van der Waals surface area contributed by atoms with Crippen molar-refractivity contribution in [2.75, 3.05) is 6.54 Å². The summed E-state index contributed by atoms with van der Waals surface area (Å²) in [5.41, 5.74) is 3.85. The van der Waals surface area contributed by atoms with Gasteiger partial charge >= 0.3 is 6.03 Å². The molecule has 0 saturated heterocycles.